The van der Waals surface area contributed by atoms with Crippen molar-refractivity contribution < 1.29 is 19.1 Å². The Morgan fingerprint density at radius 2 is 1.21 bits per heavy atom. The highest BCUT2D eigenvalue weighted by molar-refractivity contribution is 5.85. The van der Waals surface area contributed by atoms with E-state index in [-0.39, 0.29) is 0 Å². The van der Waals surface area contributed by atoms with Crippen molar-refractivity contribution >= 4 is 11.9 Å². The van der Waals surface area contributed by atoms with E-state index in [0.29, 0.717) is 17.9 Å². The van der Waals surface area contributed by atoms with Gasteiger partial charge in [0, 0.05) is 28.7 Å². The summed E-state index contributed by atoms with van der Waals surface area (Å²) in [7, 11) is 0. The Morgan fingerprint density at radius 1 is 0.821 bits per heavy atom. The standard InChI is InChI=1S/C24H26O4/c1-5-12-22(25)27-20-16-10-8-14-18(20)24(4,7-3)19-15-9-11-17-21(19)28-23(26)13-6-2/h5-6,8-17H,7H2,1-4H3. The Morgan fingerprint density at radius 3 is 1.57 bits per heavy atom. The van der Waals surface area contributed by atoms with Crippen LogP contribution in [0, 0.1) is 0 Å². The van der Waals surface area contributed by atoms with Gasteiger partial charge in [-0.3, -0.25) is 0 Å². The predicted molar refractivity (Wildman–Crippen MR) is 111 cm³/mol. The van der Waals surface area contributed by atoms with Crippen LogP contribution in [-0.2, 0) is 15.0 Å². The highest BCUT2D eigenvalue weighted by atomic mass is 16.5. The number of hydrogen-bond acceptors (Lipinski definition) is 4. The quantitative estimate of drug-likeness (QED) is 0.369. The molecule has 0 aliphatic carbocycles. The number of benzene rings is 2. The molecule has 0 unspecified atom stereocenters. The molecule has 0 saturated heterocycles. The van der Waals surface area contributed by atoms with Crippen molar-refractivity contribution in [3.05, 3.63) is 84.0 Å². The maximum Gasteiger partial charge on any atom is 0.335 e. The van der Waals surface area contributed by atoms with Crippen molar-refractivity contribution in [2.24, 2.45) is 0 Å². The number of ether oxygens (including phenoxy) is 2. The molecule has 2 aromatic carbocycles. The maximum absolute atomic E-state index is 12.0. The fourth-order valence-corrected chi connectivity index (χ4v) is 3.11. The smallest absolute Gasteiger partial charge is 0.335 e. The van der Waals surface area contributed by atoms with Gasteiger partial charge in [0.05, 0.1) is 0 Å². The molecule has 0 bridgehead atoms. The average molecular weight is 378 g/mol. The van der Waals surface area contributed by atoms with Gasteiger partial charge in [-0.15, -0.1) is 0 Å². The summed E-state index contributed by atoms with van der Waals surface area (Å²) < 4.78 is 11.1. The summed E-state index contributed by atoms with van der Waals surface area (Å²) in [5, 5.41) is 0. The van der Waals surface area contributed by atoms with Crippen molar-refractivity contribution in [3.63, 3.8) is 0 Å². The second kappa shape index (κ2) is 9.70. The first kappa shape index (κ1) is 21.2. The number of hydrogen-bond donors (Lipinski definition) is 0. The molecule has 0 aromatic heterocycles. The van der Waals surface area contributed by atoms with Gasteiger partial charge in [0.1, 0.15) is 11.5 Å². The molecule has 2 rings (SSSR count). The zero-order valence-electron chi connectivity index (χ0n) is 16.8. The molecule has 146 valence electrons. The minimum Gasteiger partial charge on any atom is -0.423 e. The Labute approximate surface area is 166 Å². The minimum atomic E-state index is -0.528. The van der Waals surface area contributed by atoms with Crippen LogP contribution in [0.3, 0.4) is 0 Å². The van der Waals surface area contributed by atoms with Gasteiger partial charge in [0.25, 0.3) is 0 Å². The first-order valence-electron chi connectivity index (χ1n) is 9.34. The minimum absolute atomic E-state index is 0.429. The van der Waals surface area contributed by atoms with E-state index in [1.807, 2.05) is 36.4 Å². The maximum atomic E-state index is 12.0. The van der Waals surface area contributed by atoms with Crippen LogP contribution < -0.4 is 9.47 Å². The Kier molecular flexibility index (Phi) is 7.33. The van der Waals surface area contributed by atoms with Crippen LogP contribution in [0.5, 0.6) is 11.5 Å². The lowest BCUT2D eigenvalue weighted by atomic mass is 9.73. The third kappa shape index (κ3) is 4.77. The van der Waals surface area contributed by atoms with Crippen LogP contribution in [-0.4, -0.2) is 11.9 Å². The molecule has 0 spiro atoms. The van der Waals surface area contributed by atoms with E-state index in [2.05, 4.69) is 13.8 Å². The second-order valence-corrected chi connectivity index (χ2v) is 6.52. The number of esters is 2. The molecule has 4 nitrogen and oxygen atoms in total. The zero-order valence-corrected chi connectivity index (χ0v) is 16.8. The van der Waals surface area contributed by atoms with Gasteiger partial charge in [-0.2, -0.15) is 0 Å². The van der Waals surface area contributed by atoms with E-state index < -0.39 is 17.4 Å². The van der Waals surface area contributed by atoms with Crippen molar-refractivity contribution in [3.8, 4) is 11.5 Å². The topological polar surface area (TPSA) is 52.6 Å². The van der Waals surface area contributed by atoms with E-state index in [1.165, 1.54) is 12.2 Å². The van der Waals surface area contributed by atoms with Gasteiger partial charge in [0.15, 0.2) is 0 Å². The van der Waals surface area contributed by atoms with Crippen molar-refractivity contribution in [1.82, 2.24) is 0 Å². The van der Waals surface area contributed by atoms with Crippen molar-refractivity contribution in [1.29, 1.82) is 0 Å². The molecule has 0 radical (unpaired) electrons. The largest absolute Gasteiger partial charge is 0.423 e. The van der Waals surface area contributed by atoms with Gasteiger partial charge in [0.2, 0.25) is 0 Å². The van der Waals surface area contributed by atoms with Crippen LogP contribution >= 0.6 is 0 Å². The van der Waals surface area contributed by atoms with Crippen LogP contribution in [0.4, 0.5) is 0 Å². The number of para-hydroxylation sites is 2. The highest BCUT2D eigenvalue weighted by Gasteiger charge is 2.33. The molecule has 0 amide bonds. The third-order valence-corrected chi connectivity index (χ3v) is 4.70. The summed E-state index contributed by atoms with van der Waals surface area (Å²) >= 11 is 0. The molecule has 0 aliphatic heterocycles. The highest BCUT2D eigenvalue weighted by Crippen LogP contribution is 2.43. The summed E-state index contributed by atoms with van der Waals surface area (Å²) in [5.74, 6) is 0.122. The fraction of sp³-hybridized carbons (Fsp3) is 0.250. The second-order valence-electron chi connectivity index (χ2n) is 6.52. The summed E-state index contributed by atoms with van der Waals surface area (Å²) in [6.07, 6.45) is 6.75. The summed E-state index contributed by atoms with van der Waals surface area (Å²) in [5.41, 5.74) is 1.18. The first-order valence-corrected chi connectivity index (χ1v) is 9.34. The van der Waals surface area contributed by atoms with Crippen LogP contribution in [0.2, 0.25) is 0 Å². The molecule has 0 aliphatic rings. The molecular weight excluding hydrogens is 352 g/mol. The molecular formula is C24H26O4. The van der Waals surface area contributed by atoms with Gasteiger partial charge < -0.3 is 9.47 Å². The molecule has 4 heteroatoms. The molecule has 0 saturated carbocycles. The summed E-state index contributed by atoms with van der Waals surface area (Å²) in [6, 6.07) is 14.9. The number of rotatable bonds is 7. The molecule has 0 atom stereocenters. The molecule has 0 fully saturated rings. The van der Waals surface area contributed by atoms with Crippen molar-refractivity contribution in [2.75, 3.05) is 0 Å². The first-order chi connectivity index (χ1) is 13.5. The molecule has 28 heavy (non-hydrogen) atoms. The van der Waals surface area contributed by atoms with E-state index in [9.17, 15) is 9.59 Å². The van der Waals surface area contributed by atoms with Gasteiger partial charge in [-0.25, -0.2) is 9.59 Å². The fourth-order valence-electron chi connectivity index (χ4n) is 3.11. The lowest BCUT2D eigenvalue weighted by Gasteiger charge is -2.32. The Hall–Kier alpha value is -3.14. The van der Waals surface area contributed by atoms with Gasteiger partial charge in [-0.05, 0) is 32.4 Å². The molecule has 0 N–H and O–H groups in total. The van der Waals surface area contributed by atoms with Gasteiger partial charge >= 0.3 is 11.9 Å². The van der Waals surface area contributed by atoms with Crippen LogP contribution in [0.25, 0.3) is 0 Å². The third-order valence-electron chi connectivity index (χ3n) is 4.70. The Bertz CT molecular complexity index is 823. The lowest BCUT2D eigenvalue weighted by molar-refractivity contribution is -0.129. The SMILES string of the molecule is CC=CC(=O)Oc1ccccc1C(C)(CC)c1ccccc1OC(=O)C=CC. The van der Waals surface area contributed by atoms with E-state index in [0.717, 1.165) is 11.1 Å². The molecule has 0 heterocycles. The normalized spacial score (nSPS) is 13.4. The monoisotopic (exact) mass is 378 g/mol. The van der Waals surface area contributed by atoms with Crippen LogP contribution in [0.15, 0.2) is 72.8 Å². The lowest BCUT2D eigenvalue weighted by Crippen LogP contribution is -2.25. The van der Waals surface area contributed by atoms with E-state index >= 15 is 0 Å². The van der Waals surface area contributed by atoms with E-state index in [4.69, 9.17) is 9.47 Å². The van der Waals surface area contributed by atoms with Crippen LogP contribution in [0.1, 0.15) is 45.2 Å². The summed E-state index contributed by atoms with van der Waals surface area (Å²) in [6.45, 7) is 7.63. The summed E-state index contributed by atoms with van der Waals surface area (Å²) in [4.78, 5) is 24.0. The van der Waals surface area contributed by atoms with Gasteiger partial charge in [-0.1, -0.05) is 62.4 Å². The molecule has 2 aromatic rings. The number of allylic oxidation sites excluding steroid dienone is 2. The number of carbonyl (C=O) groups is 2. The van der Waals surface area contributed by atoms with E-state index in [1.54, 1.807) is 38.1 Å². The zero-order chi connectivity index (χ0) is 20.6. The average Bonchev–Trinajstić information content (AvgIpc) is 2.68. The number of carbonyl (C=O) groups excluding carboxylic acids is 2. The Balaban J connectivity index is 2.55. The van der Waals surface area contributed by atoms with Crippen molar-refractivity contribution in [2.45, 2.75) is 39.5 Å². The predicted octanol–water partition coefficient (Wildman–Crippen LogP) is 5.37.